The number of halogens is 3. The number of carbonyl (C=O) groups is 2. The van der Waals surface area contributed by atoms with E-state index in [0.29, 0.717) is 25.6 Å². The fourth-order valence-corrected chi connectivity index (χ4v) is 2.94. The van der Waals surface area contributed by atoms with E-state index in [1.807, 2.05) is 4.90 Å². The summed E-state index contributed by atoms with van der Waals surface area (Å²) in [6.07, 6.45) is -1.24. The lowest BCUT2D eigenvalue weighted by molar-refractivity contribution is -0.141. The van der Waals surface area contributed by atoms with E-state index in [-0.39, 0.29) is 23.3 Å². The number of methoxy groups -OCH3 is 1. The third kappa shape index (κ3) is 4.17. The van der Waals surface area contributed by atoms with Gasteiger partial charge in [-0.25, -0.2) is 9.78 Å². The highest BCUT2D eigenvalue weighted by Gasteiger charge is 2.39. The van der Waals surface area contributed by atoms with Crippen LogP contribution in [0.2, 0.25) is 0 Å². The molecule has 2 heterocycles. The molecular weight excluding hydrogens is 353 g/mol. The summed E-state index contributed by atoms with van der Waals surface area (Å²) in [6.45, 7) is 0.923. The van der Waals surface area contributed by atoms with Crippen molar-refractivity contribution >= 4 is 17.6 Å². The molecule has 1 saturated carbocycles. The van der Waals surface area contributed by atoms with E-state index < -0.39 is 17.9 Å². The van der Waals surface area contributed by atoms with Crippen molar-refractivity contribution < 1.29 is 27.5 Å². The molecule has 2 N–H and O–H groups in total. The standard InChI is InChI=1S/C16H19F3N4O3/c1-26-12-5-13(16(17,18)19)20-7-11(12)22-15(25)21-6-9-4-14(24)23(8-9)10-2-3-10/h5,7,9-10H,2-4,6,8H2,1H3,(H2,21,22,25). The predicted molar refractivity (Wildman–Crippen MR) is 85.7 cm³/mol. The average molecular weight is 372 g/mol. The second kappa shape index (κ2) is 7.00. The molecule has 0 aromatic carbocycles. The summed E-state index contributed by atoms with van der Waals surface area (Å²) in [5, 5.41) is 5.05. The second-order valence-corrected chi connectivity index (χ2v) is 6.45. The van der Waals surface area contributed by atoms with E-state index in [0.717, 1.165) is 25.1 Å². The van der Waals surface area contributed by atoms with Crippen molar-refractivity contribution in [1.82, 2.24) is 15.2 Å². The van der Waals surface area contributed by atoms with Gasteiger partial charge in [0.05, 0.1) is 13.3 Å². The number of hydrogen-bond acceptors (Lipinski definition) is 4. The quantitative estimate of drug-likeness (QED) is 0.830. The molecule has 0 radical (unpaired) electrons. The molecule has 142 valence electrons. The fourth-order valence-electron chi connectivity index (χ4n) is 2.94. The number of carbonyl (C=O) groups excluding carboxylic acids is 2. The minimum atomic E-state index is -4.60. The lowest BCUT2D eigenvalue weighted by atomic mass is 10.1. The van der Waals surface area contributed by atoms with E-state index in [1.165, 1.54) is 7.11 Å². The Bertz CT molecular complexity index is 706. The third-order valence-corrected chi connectivity index (χ3v) is 4.40. The van der Waals surface area contributed by atoms with Gasteiger partial charge in [-0.05, 0) is 12.8 Å². The number of pyridine rings is 1. The number of nitrogens with zero attached hydrogens (tertiary/aromatic N) is 2. The molecule has 10 heteroatoms. The molecule has 2 fully saturated rings. The fraction of sp³-hybridized carbons (Fsp3) is 0.562. The van der Waals surface area contributed by atoms with Crippen LogP contribution >= 0.6 is 0 Å². The summed E-state index contributed by atoms with van der Waals surface area (Å²) in [5.41, 5.74) is -1.08. The first-order valence-corrected chi connectivity index (χ1v) is 8.23. The molecule has 1 aliphatic heterocycles. The lowest BCUT2D eigenvalue weighted by Gasteiger charge is -2.16. The van der Waals surface area contributed by atoms with Crippen LogP contribution in [-0.2, 0) is 11.0 Å². The molecule has 26 heavy (non-hydrogen) atoms. The Morgan fingerprint density at radius 2 is 2.15 bits per heavy atom. The predicted octanol–water partition coefficient (Wildman–Crippen LogP) is 2.24. The SMILES string of the molecule is COc1cc(C(F)(F)F)ncc1NC(=O)NCC1CC(=O)N(C2CC2)C1. The monoisotopic (exact) mass is 372 g/mol. The van der Waals surface area contributed by atoms with Crippen molar-refractivity contribution in [2.75, 3.05) is 25.5 Å². The molecule has 0 spiro atoms. The molecule has 0 bridgehead atoms. The van der Waals surface area contributed by atoms with Crippen molar-refractivity contribution in [2.45, 2.75) is 31.5 Å². The first-order chi connectivity index (χ1) is 12.3. The van der Waals surface area contributed by atoms with Crippen LogP contribution in [0.1, 0.15) is 25.0 Å². The van der Waals surface area contributed by atoms with Crippen LogP contribution in [-0.4, -0.2) is 48.1 Å². The van der Waals surface area contributed by atoms with Crippen LogP contribution in [0, 0.1) is 5.92 Å². The highest BCUT2D eigenvalue weighted by molar-refractivity contribution is 5.90. The maximum atomic E-state index is 12.7. The second-order valence-electron chi connectivity index (χ2n) is 6.45. The molecule has 1 aliphatic carbocycles. The molecular formula is C16H19F3N4O3. The smallest absolute Gasteiger partial charge is 0.433 e. The Hall–Kier alpha value is -2.52. The van der Waals surface area contributed by atoms with E-state index in [2.05, 4.69) is 15.6 Å². The number of urea groups is 1. The van der Waals surface area contributed by atoms with Gasteiger partial charge in [-0.1, -0.05) is 0 Å². The zero-order valence-corrected chi connectivity index (χ0v) is 14.1. The minimum Gasteiger partial charge on any atom is -0.494 e. The number of anilines is 1. The highest BCUT2D eigenvalue weighted by Crippen LogP contribution is 2.33. The largest absolute Gasteiger partial charge is 0.494 e. The first-order valence-electron chi connectivity index (χ1n) is 8.23. The van der Waals surface area contributed by atoms with Gasteiger partial charge in [-0.2, -0.15) is 13.2 Å². The Morgan fingerprint density at radius 3 is 2.77 bits per heavy atom. The Labute approximate surface area is 147 Å². The van der Waals surface area contributed by atoms with Gasteiger partial charge in [0.2, 0.25) is 5.91 Å². The van der Waals surface area contributed by atoms with Crippen molar-refractivity contribution in [2.24, 2.45) is 5.92 Å². The molecule has 2 aliphatic rings. The van der Waals surface area contributed by atoms with Gasteiger partial charge >= 0.3 is 12.2 Å². The van der Waals surface area contributed by atoms with Crippen molar-refractivity contribution in [3.63, 3.8) is 0 Å². The van der Waals surface area contributed by atoms with Crippen LogP contribution in [0.25, 0.3) is 0 Å². The molecule has 7 nitrogen and oxygen atoms in total. The Morgan fingerprint density at radius 1 is 1.42 bits per heavy atom. The maximum absolute atomic E-state index is 12.7. The number of nitrogens with one attached hydrogen (secondary N) is 2. The Kier molecular flexibility index (Phi) is 4.92. The number of alkyl halides is 3. The number of hydrogen-bond donors (Lipinski definition) is 2. The van der Waals surface area contributed by atoms with Crippen LogP contribution < -0.4 is 15.4 Å². The summed E-state index contributed by atoms with van der Waals surface area (Å²) in [5.74, 6) is -0.00628. The number of rotatable bonds is 5. The third-order valence-electron chi connectivity index (χ3n) is 4.40. The highest BCUT2D eigenvalue weighted by atomic mass is 19.4. The number of likely N-dealkylation sites (tertiary alicyclic amines) is 1. The topological polar surface area (TPSA) is 83.6 Å². The summed E-state index contributed by atoms with van der Waals surface area (Å²) in [6, 6.07) is 0.477. The van der Waals surface area contributed by atoms with Gasteiger partial charge in [-0.3, -0.25) is 4.79 Å². The van der Waals surface area contributed by atoms with Crippen LogP contribution in [0.4, 0.5) is 23.7 Å². The van der Waals surface area contributed by atoms with Gasteiger partial charge in [-0.15, -0.1) is 0 Å². The van der Waals surface area contributed by atoms with E-state index in [1.54, 1.807) is 0 Å². The van der Waals surface area contributed by atoms with Gasteiger partial charge in [0.1, 0.15) is 17.1 Å². The summed E-state index contributed by atoms with van der Waals surface area (Å²) < 4.78 is 42.9. The zero-order valence-electron chi connectivity index (χ0n) is 14.1. The number of ether oxygens (including phenoxy) is 1. The van der Waals surface area contributed by atoms with E-state index in [9.17, 15) is 22.8 Å². The number of amides is 3. The van der Waals surface area contributed by atoms with Gasteiger partial charge in [0.15, 0.2) is 0 Å². The lowest BCUT2D eigenvalue weighted by Crippen LogP contribution is -2.34. The van der Waals surface area contributed by atoms with Gasteiger partial charge < -0.3 is 20.3 Å². The minimum absolute atomic E-state index is 0.0279. The Balaban J connectivity index is 1.54. The summed E-state index contributed by atoms with van der Waals surface area (Å²) in [7, 11) is 1.20. The van der Waals surface area contributed by atoms with Crippen LogP contribution in [0.15, 0.2) is 12.3 Å². The van der Waals surface area contributed by atoms with E-state index >= 15 is 0 Å². The average Bonchev–Trinajstić information content (AvgIpc) is 3.35. The summed E-state index contributed by atoms with van der Waals surface area (Å²) in [4.78, 5) is 29.0. The molecule has 3 amide bonds. The van der Waals surface area contributed by atoms with E-state index in [4.69, 9.17) is 4.74 Å². The molecule has 3 rings (SSSR count). The van der Waals surface area contributed by atoms with Crippen molar-refractivity contribution in [3.8, 4) is 5.75 Å². The van der Waals surface area contributed by atoms with Crippen LogP contribution in [0.5, 0.6) is 5.75 Å². The number of aromatic nitrogens is 1. The van der Waals surface area contributed by atoms with Crippen molar-refractivity contribution in [3.05, 3.63) is 18.0 Å². The zero-order chi connectivity index (χ0) is 18.9. The molecule has 1 atom stereocenters. The normalized spacial score (nSPS) is 20.2. The summed E-state index contributed by atoms with van der Waals surface area (Å²) >= 11 is 0. The maximum Gasteiger partial charge on any atom is 0.433 e. The van der Waals surface area contributed by atoms with Gasteiger partial charge in [0.25, 0.3) is 0 Å². The molecule has 1 aromatic rings. The van der Waals surface area contributed by atoms with Crippen molar-refractivity contribution in [1.29, 1.82) is 0 Å². The van der Waals surface area contributed by atoms with Crippen LogP contribution in [0.3, 0.4) is 0 Å². The van der Waals surface area contributed by atoms with Gasteiger partial charge in [0, 0.05) is 37.5 Å². The molecule has 1 unspecified atom stereocenters. The molecule has 1 saturated heterocycles. The first kappa shape index (κ1) is 18.3. The molecule has 1 aromatic heterocycles.